The van der Waals surface area contributed by atoms with Crippen LogP contribution in [0, 0.1) is 4.77 Å². The molecule has 1 aromatic heterocycles. The SMILES string of the molecule is CS(=O)(=O)Cc1nc(=S)nc(N)[nH]1. The van der Waals surface area contributed by atoms with Crippen molar-refractivity contribution >= 4 is 28.0 Å². The summed E-state index contributed by atoms with van der Waals surface area (Å²) in [5, 5.41) is 0. The maximum atomic E-state index is 10.9. The van der Waals surface area contributed by atoms with Crippen molar-refractivity contribution in [3.8, 4) is 0 Å². The first-order chi connectivity index (χ1) is 5.87. The molecule has 0 amide bonds. The largest absolute Gasteiger partial charge is 0.369 e. The van der Waals surface area contributed by atoms with Gasteiger partial charge in [0.05, 0.1) is 0 Å². The lowest BCUT2D eigenvalue weighted by molar-refractivity contribution is 0.599. The van der Waals surface area contributed by atoms with Gasteiger partial charge in [-0.1, -0.05) is 0 Å². The van der Waals surface area contributed by atoms with Gasteiger partial charge < -0.3 is 10.7 Å². The molecule has 1 heterocycles. The number of hydrogen-bond donors (Lipinski definition) is 2. The highest BCUT2D eigenvalue weighted by atomic mass is 32.2. The van der Waals surface area contributed by atoms with E-state index in [0.29, 0.717) is 0 Å². The summed E-state index contributed by atoms with van der Waals surface area (Å²) >= 11 is 4.66. The van der Waals surface area contributed by atoms with Crippen LogP contribution in [0.4, 0.5) is 5.95 Å². The molecule has 0 aliphatic carbocycles. The van der Waals surface area contributed by atoms with Gasteiger partial charge in [-0.05, 0) is 12.2 Å². The van der Waals surface area contributed by atoms with Crippen molar-refractivity contribution in [2.75, 3.05) is 12.0 Å². The lowest BCUT2D eigenvalue weighted by Crippen LogP contribution is -2.08. The molecule has 3 N–H and O–H groups in total. The number of aromatic amines is 1. The fraction of sp³-hybridized carbons (Fsp3) is 0.400. The van der Waals surface area contributed by atoms with Crippen molar-refractivity contribution in [2.45, 2.75) is 5.75 Å². The van der Waals surface area contributed by atoms with E-state index in [1.165, 1.54) is 0 Å². The quantitative estimate of drug-likeness (QED) is 0.661. The molecule has 1 rings (SSSR count). The molecule has 0 aromatic carbocycles. The third-order valence-electron chi connectivity index (χ3n) is 1.12. The van der Waals surface area contributed by atoms with Gasteiger partial charge in [0.15, 0.2) is 9.84 Å². The van der Waals surface area contributed by atoms with Crippen LogP contribution in [-0.4, -0.2) is 29.6 Å². The molecule has 0 radical (unpaired) electrons. The number of rotatable bonds is 2. The Balaban J connectivity index is 3.10. The van der Waals surface area contributed by atoms with Crippen LogP contribution in [0.5, 0.6) is 0 Å². The number of aromatic nitrogens is 3. The summed E-state index contributed by atoms with van der Waals surface area (Å²) in [4.78, 5) is 9.82. The molecule has 1 aromatic rings. The zero-order valence-corrected chi connectivity index (χ0v) is 8.44. The van der Waals surface area contributed by atoms with Crippen molar-refractivity contribution < 1.29 is 8.42 Å². The van der Waals surface area contributed by atoms with Crippen LogP contribution in [-0.2, 0) is 15.6 Å². The highest BCUT2D eigenvalue weighted by Gasteiger charge is 2.06. The van der Waals surface area contributed by atoms with E-state index < -0.39 is 9.84 Å². The molecule has 0 aliphatic heterocycles. The minimum atomic E-state index is -3.13. The molecule has 0 fully saturated rings. The first kappa shape index (κ1) is 10.1. The Morgan fingerprint density at radius 3 is 2.62 bits per heavy atom. The average Bonchev–Trinajstić information content (AvgIpc) is 1.78. The number of sulfone groups is 1. The summed E-state index contributed by atoms with van der Waals surface area (Å²) in [6, 6.07) is 0. The molecule has 13 heavy (non-hydrogen) atoms. The van der Waals surface area contributed by atoms with Crippen LogP contribution >= 0.6 is 12.2 Å². The second kappa shape index (κ2) is 3.38. The Morgan fingerprint density at radius 2 is 2.15 bits per heavy atom. The molecule has 0 saturated heterocycles. The molecule has 72 valence electrons. The second-order valence-electron chi connectivity index (χ2n) is 2.53. The first-order valence-electron chi connectivity index (χ1n) is 3.27. The molecule has 0 aliphatic rings. The number of hydrogen-bond acceptors (Lipinski definition) is 6. The minimum absolute atomic E-state index is 0.0369. The normalized spacial score (nSPS) is 11.5. The van der Waals surface area contributed by atoms with Crippen LogP contribution in [0.2, 0.25) is 0 Å². The van der Waals surface area contributed by atoms with E-state index in [4.69, 9.17) is 5.73 Å². The Bertz CT molecular complexity index is 464. The fourth-order valence-corrected chi connectivity index (χ4v) is 1.61. The number of H-pyrrole nitrogens is 1. The molecule has 0 saturated carbocycles. The standard InChI is InChI=1S/C5H8N4O2S2/c1-13(10,11)2-3-7-4(6)9-5(12)8-3/h2H2,1H3,(H3,6,7,8,9,12). The van der Waals surface area contributed by atoms with Gasteiger partial charge in [0.2, 0.25) is 10.7 Å². The van der Waals surface area contributed by atoms with Crippen LogP contribution in [0.1, 0.15) is 5.82 Å². The summed E-state index contributed by atoms with van der Waals surface area (Å²) < 4.78 is 21.8. The molecule has 6 nitrogen and oxygen atoms in total. The Morgan fingerprint density at radius 1 is 1.54 bits per heavy atom. The topological polar surface area (TPSA) is 102 Å². The maximum absolute atomic E-state index is 10.9. The number of nitrogens with zero attached hydrogens (tertiary/aromatic N) is 2. The third kappa shape index (κ3) is 3.47. The lowest BCUT2D eigenvalue weighted by atomic mass is 10.7. The van der Waals surface area contributed by atoms with Crippen molar-refractivity contribution in [1.29, 1.82) is 0 Å². The number of nitrogens with one attached hydrogen (secondary N) is 1. The van der Waals surface area contributed by atoms with Crippen LogP contribution < -0.4 is 5.73 Å². The summed E-state index contributed by atoms with van der Waals surface area (Å²) in [6.45, 7) is 0. The Kier molecular flexibility index (Phi) is 2.62. The number of nitrogens with two attached hydrogens (primary N) is 1. The summed E-state index contributed by atoms with van der Waals surface area (Å²) in [7, 11) is -3.13. The van der Waals surface area contributed by atoms with E-state index in [2.05, 4.69) is 27.2 Å². The molecule has 8 heteroatoms. The smallest absolute Gasteiger partial charge is 0.224 e. The zero-order chi connectivity index (χ0) is 10.1. The van der Waals surface area contributed by atoms with E-state index in [1.807, 2.05) is 0 Å². The minimum Gasteiger partial charge on any atom is -0.369 e. The fourth-order valence-electron chi connectivity index (χ4n) is 0.764. The summed E-state index contributed by atoms with van der Waals surface area (Å²) in [5.74, 6) is 0.0576. The van der Waals surface area contributed by atoms with Gasteiger partial charge >= 0.3 is 0 Å². The van der Waals surface area contributed by atoms with Gasteiger partial charge in [0, 0.05) is 6.26 Å². The Labute approximate surface area is 80.1 Å². The van der Waals surface area contributed by atoms with Gasteiger partial charge in [0.1, 0.15) is 11.6 Å². The molecule has 0 spiro atoms. The molecule has 0 unspecified atom stereocenters. The highest BCUT2D eigenvalue weighted by molar-refractivity contribution is 7.89. The molecular formula is C5H8N4O2S2. The average molecular weight is 220 g/mol. The molecular weight excluding hydrogens is 212 g/mol. The van der Waals surface area contributed by atoms with Crippen molar-refractivity contribution in [1.82, 2.24) is 15.0 Å². The predicted octanol–water partition coefficient (Wildman–Crippen LogP) is -0.339. The number of anilines is 1. The Hall–Kier alpha value is -1.02. The first-order valence-corrected chi connectivity index (χ1v) is 5.74. The highest BCUT2D eigenvalue weighted by Crippen LogP contribution is 1.99. The van der Waals surface area contributed by atoms with Crippen molar-refractivity contribution in [3.63, 3.8) is 0 Å². The van der Waals surface area contributed by atoms with Crippen LogP contribution in [0.25, 0.3) is 0 Å². The van der Waals surface area contributed by atoms with Crippen LogP contribution in [0.3, 0.4) is 0 Å². The molecule has 0 bridgehead atoms. The lowest BCUT2D eigenvalue weighted by Gasteiger charge is -1.99. The van der Waals surface area contributed by atoms with Gasteiger partial charge in [-0.3, -0.25) is 0 Å². The monoisotopic (exact) mass is 220 g/mol. The summed E-state index contributed by atoms with van der Waals surface area (Å²) in [5.41, 5.74) is 5.31. The van der Waals surface area contributed by atoms with Crippen molar-refractivity contribution in [2.24, 2.45) is 0 Å². The van der Waals surface area contributed by atoms with Gasteiger partial charge in [-0.25, -0.2) is 13.4 Å². The second-order valence-corrected chi connectivity index (χ2v) is 5.04. The van der Waals surface area contributed by atoms with Gasteiger partial charge in [-0.15, -0.1) is 0 Å². The van der Waals surface area contributed by atoms with Crippen molar-refractivity contribution in [3.05, 3.63) is 10.6 Å². The maximum Gasteiger partial charge on any atom is 0.224 e. The summed E-state index contributed by atoms with van der Waals surface area (Å²) in [6.07, 6.45) is 1.10. The zero-order valence-electron chi connectivity index (χ0n) is 6.81. The van der Waals surface area contributed by atoms with Gasteiger partial charge in [-0.2, -0.15) is 4.98 Å². The predicted molar refractivity (Wildman–Crippen MR) is 50.2 cm³/mol. The van der Waals surface area contributed by atoms with E-state index in [9.17, 15) is 8.42 Å². The van der Waals surface area contributed by atoms with Crippen LogP contribution in [0.15, 0.2) is 0 Å². The third-order valence-corrected chi connectivity index (χ3v) is 2.10. The van der Waals surface area contributed by atoms with E-state index in [1.54, 1.807) is 0 Å². The van der Waals surface area contributed by atoms with E-state index in [0.717, 1.165) is 6.26 Å². The molecule has 0 atom stereocenters. The van der Waals surface area contributed by atoms with Gasteiger partial charge in [0.25, 0.3) is 0 Å². The number of nitrogen functional groups attached to an aromatic ring is 1. The van der Waals surface area contributed by atoms with E-state index in [-0.39, 0.29) is 22.3 Å². The van der Waals surface area contributed by atoms with E-state index >= 15 is 0 Å².